The Labute approximate surface area is 123 Å². The van der Waals surface area contributed by atoms with E-state index in [1.807, 2.05) is 0 Å². The first-order valence-corrected chi connectivity index (χ1v) is 8.63. The molecule has 2 saturated carbocycles. The Kier molecular flexibility index (Phi) is 3.42. The van der Waals surface area contributed by atoms with Gasteiger partial charge in [0.25, 0.3) is 0 Å². The topological polar surface area (TPSA) is 0 Å². The van der Waals surface area contributed by atoms with Gasteiger partial charge in [0.2, 0.25) is 0 Å². The first-order chi connectivity index (χ1) is 9.92. The predicted octanol–water partition coefficient (Wildman–Crippen LogP) is 5.45. The van der Waals surface area contributed by atoms with Crippen LogP contribution in [0, 0.1) is 29.6 Å². The molecule has 0 aromatic rings. The molecule has 0 aromatic carbocycles. The zero-order valence-corrected chi connectivity index (χ0v) is 12.4. The first-order valence-electron chi connectivity index (χ1n) is 8.63. The molecule has 0 heteroatoms. The van der Waals surface area contributed by atoms with Crippen molar-refractivity contribution in [1.29, 1.82) is 0 Å². The highest BCUT2D eigenvalue weighted by Crippen LogP contribution is 2.47. The molecular weight excluding hydrogens is 240 g/mol. The van der Waals surface area contributed by atoms with Crippen LogP contribution in [0.15, 0.2) is 48.1 Å². The molecule has 0 bridgehead atoms. The highest BCUT2D eigenvalue weighted by Gasteiger charge is 2.35. The fraction of sp³-hybridized carbons (Fsp3) is 0.600. The van der Waals surface area contributed by atoms with E-state index in [2.05, 4.69) is 42.5 Å². The molecule has 2 fully saturated rings. The monoisotopic (exact) mass is 266 g/mol. The number of hydrogen-bond donors (Lipinski definition) is 0. The van der Waals surface area contributed by atoms with Gasteiger partial charge in [0, 0.05) is 0 Å². The van der Waals surface area contributed by atoms with Crippen molar-refractivity contribution in [2.75, 3.05) is 0 Å². The zero-order chi connectivity index (χ0) is 13.4. The van der Waals surface area contributed by atoms with Gasteiger partial charge in [0.1, 0.15) is 0 Å². The lowest BCUT2D eigenvalue weighted by atomic mass is 9.81. The third kappa shape index (κ3) is 2.24. The quantitative estimate of drug-likeness (QED) is 0.637. The summed E-state index contributed by atoms with van der Waals surface area (Å²) in [6, 6.07) is 0. The van der Waals surface area contributed by atoms with Gasteiger partial charge < -0.3 is 0 Å². The average Bonchev–Trinajstić information content (AvgIpc) is 3.09. The molecule has 3 unspecified atom stereocenters. The lowest BCUT2D eigenvalue weighted by Crippen LogP contribution is -2.14. The molecule has 20 heavy (non-hydrogen) atoms. The standard InChI is InChI=1S/C20H26/c1-3-7-19-15(5-1)9-11-17(19)13-14-18-12-10-16-6-2-4-8-20(16)18/h1-5,7-8,15-19H,6,9-14H2/t15?,16?,17-,18+,19?/m0/s1. The van der Waals surface area contributed by atoms with Crippen molar-refractivity contribution in [2.24, 2.45) is 29.6 Å². The number of fused-ring (bicyclic) bond motifs is 2. The molecule has 4 aliphatic rings. The maximum atomic E-state index is 2.49. The summed E-state index contributed by atoms with van der Waals surface area (Å²) < 4.78 is 0. The summed E-state index contributed by atoms with van der Waals surface area (Å²) in [5.41, 5.74) is 1.79. The Morgan fingerprint density at radius 2 is 1.85 bits per heavy atom. The second-order valence-corrected chi connectivity index (χ2v) is 7.23. The van der Waals surface area contributed by atoms with E-state index in [9.17, 15) is 0 Å². The normalized spacial score (nSPS) is 41.6. The summed E-state index contributed by atoms with van der Waals surface area (Å²) in [5.74, 6) is 4.49. The van der Waals surface area contributed by atoms with Gasteiger partial charge in [-0.05, 0) is 74.5 Å². The Hall–Kier alpha value is -1.04. The zero-order valence-electron chi connectivity index (χ0n) is 12.4. The van der Waals surface area contributed by atoms with Crippen LogP contribution in [0.4, 0.5) is 0 Å². The van der Waals surface area contributed by atoms with Gasteiger partial charge in [-0.15, -0.1) is 0 Å². The van der Waals surface area contributed by atoms with Crippen LogP contribution in [-0.4, -0.2) is 0 Å². The fourth-order valence-electron chi connectivity index (χ4n) is 5.14. The lowest BCUT2D eigenvalue weighted by Gasteiger charge is -2.24. The highest BCUT2D eigenvalue weighted by atomic mass is 14.4. The minimum atomic E-state index is 0.859. The lowest BCUT2D eigenvalue weighted by molar-refractivity contribution is 0.360. The maximum absolute atomic E-state index is 2.49. The summed E-state index contributed by atoms with van der Waals surface area (Å²) in [5, 5.41) is 0. The molecule has 0 spiro atoms. The van der Waals surface area contributed by atoms with Gasteiger partial charge in [0.15, 0.2) is 0 Å². The molecule has 0 saturated heterocycles. The second-order valence-electron chi connectivity index (χ2n) is 7.23. The van der Waals surface area contributed by atoms with Crippen LogP contribution in [0.3, 0.4) is 0 Å². The molecule has 0 aromatic heterocycles. The van der Waals surface area contributed by atoms with Gasteiger partial charge in [-0.1, -0.05) is 48.1 Å². The Balaban J connectivity index is 1.37. The van der Waals surface area contributed by atoms with Crippen LogP contribution in [0.25, 0.3) is 0 Å². The fourth-order valence-corrected chi connectivity index (χ4v) is 5.14. The number of hydrogen-bond acceptors (Lipinski definition) is 0. The summed E-state index contributed by atoms with van der Waals surface area (Å²) >= 11 is 0. The number of rotatable bonds is 3. The van der Waals surface area contributed by atoms with Gasteiger partial charge in [-0.2, -0.15) is 0 Å². The third-order valence-corrected chi connectivity index (χ3v) is 6.25. The molecule has 5 atom stereocenters. The van der Waals surface area contributed by atoms with Crippen molar-refractivity contribution >= 4 is 0 Å². The van der Waals surface area contributed by atoms with Crippen molar-refractivity contribution in [3.8, 4) is 0 Å². The van der Waals surface area contributed by atoms with Crippen LogP contribution >= 0.6 is 0 Å². The molecule has 4 rings (SSSR count). The molecule has 106 valence electrons. The Morgan fingerprint density at radius 3 is 2.85 bits per heavy atom. The molecule has 4 aliphatic carbocycles. The summed E-state index contributed by atoms with van der Waals surface area (Å²) in [7, 11) is 0. The van der Waals surface area contributed by atoms with Crippen LogP contribution in [-0.2, 0) is 0 Å². The maximum Gasteiger partial charge on any atom is -0.0139 e. The minimum Gasteiger partial charge on any atom is -0.0839 e. The summed E-state index contributed by atoms with van der Waals surface area (Å²) in [6.07, 6.45) is 26.6. The van der Waals surface area contributed by atoms with Crippen LogP contribution < -0.4 is 0 Å². The van der Waals surface area contributed by atoms with Gasteiger partial charge in [0.05, 0.1) is 0 Å². The number of allylic oxidation sites excluding steroid dienone is 8. The van der Waals surface area contributed by atoms with Crippen LogP contribution in [0.2, 0.25) is 0 Å². The Morgan fingerprint density at radius 1 is 0.900 bits per heavy atom. The van der Waals surface area contributed by atoms with E-state index in [0.717, 1.165) is 29.6 Å². The molecule has 0 nitrogen and oxygen atoms in total. The summed E-state index contributed by atoms with van der Waals surface area (Å²) in [4.78, 5) is 0. The van der Waals surface area contributed by atoms with Gasteiger partial charge >= 0.3 is 0 Å². The van der Waals surface area contributed by atoms with E-state index in [1.165, 1.54) is 44.9 Å². The van der Waals surface area contributed by atoms with Crippen molar-refractivity contribution in [1.82, 2.24) is 0 Å². The summed E-state index contributed by atoms with van der Waals surface area (Å²) in [6.45, 7) is 0. The largest absolute Gasteiger partial charge is 0.0839 e. The van der Waals surface area contributed by atoms with Crippen molar-refractivity contribution in [3.63, 3.8) is 0 Å². The highest BCUT2D eigenvalue weighted by molar-refractivity contribution is 5.26. The molecule has 0 aliphatic heterocycles. The van der Waals surface area contributed by atoms with Crippen LogP contribution in [0.1, 0.15) is 44.9 Å². The van der Waals surface area contributed by atoms with E-state index in [-0.39, 0.29) is 0 Å². The molecular formula is C20H26. The van der Waals surface area contributed by atoms with E-state index in [4.69, 9.17) is 0 Å². The third-order valence-electron chi connectivity index (χ3n) is 6.25. The van der Waals surface area contributed by atoms with E-state index in [1.54, 1.807) is 5.57 Å². The predicted molar refractivity (Wildman–Crippen MR) is 85.3 cm³/mol. The van der Waals surface area contributed by atoms with Crippen molar-refractivity contribution in [3.05, 3.63) is 48.1 Å². The average molecular weight is 266 g/mol. The smallest absolute Gasteiger partial charge is 0.0139 e. The van der Waals surface area contributed by atoms with E-state index >= 15 is 0 Å². The second kappa shape index (κ2) is 5.39. The SMILES string of the molecule is C1=CCC2CC[C@H](CC[C@@H]3CCC4C=CC=CC43)C2=C1. The molecule has 0 amide bonds. The first kappa shape index (κ1) is 12.7. The Bertz CT molecular complexity index is 476. The molecule has 0 N–H and O–H groups in total. The van der Waals surface area contributed by atoms with Crippen molar-refractivity contribution in [2.45, 2.75) is 44.9 Å². The molecule has 0 radical (unpaired) electrons. The minimum absolute atomic E-state index is 0.859. The van der Waals surface area contributed by atoms with E-state index < -0.39 is 0 Å². The van der Waals surface area contributed by atoms with Gasteiger partial charge in [-0.3, -0.25) is 0 Å². The van der Waals surface area contributed by atoms with E-state index in [0.29, 0.717) is 0 Å². The van der Waals surface area contributed by atoms with Crippen LogP contribution in [0.5, 0.6) is 0 Å². The molecule has 0 heterocycles. The van der Waals surface area contributed by atoms with Crippen molar-refractivity contribution < 1.29 is 0 Å². The van der Waals surface area contributed by atoms with Gasteiger partial charge in [-0.25, -0.2) is 0 Å².